The molecule has 212 valence electrons. The van der Waals surface area contributed by atoms with Crippen LogP contribution in [0.2, 0.25) is 0 Å². The Morgan fingerprint density at radius 2 is 1.79 bits per heavy atom. The van der Waals surface area contributed by atoms with Gasteiger partial charge in [0, 0.05) is 32.0 Å². The van der Waals surface area contributed by atoms with Gasteiger partial charge in [-0.2, -0.15) is 13.2 Å². The zero-order valence-corrected chi connectivity index (χ0v) is 21.4. The van der Waals surface area contributed by atoms with Crippen LogP contribution >= 0.6 is 0 Å². The van der Waals surface area contributed by atoms with Crippen molar-refractivity contribution in [3.63, 3.8) is 0 Å². The quantitative estimate of drug-likeness (QED) is 0.430. The van der Waals surface area contributed by atoms with E-state index >= 15 is 0 Å². The Bertz CT molecular complexity index is 914. The summed E-state index contributed by atoms with van der Waals surface area (Å²) in [5.41, 5.74) is -0.764. The summed E-state index contributed by atoms with van der Waals surface area (Å²) < 4.78 is 75.0. The predicted octanol–water partition coefficient (Wildman–Crippen LogP) is 5.21. The summed E-state index contributed by atoms with van der Waals surface area (Å²) in [6.45, 7) is 1.31. The van der Waals surface area contributed by atoms with Gasteiger partial charge in [-0.15, -0.1) is 0 Å². The van der Waals surface area contributed by atoms with E-state index in [1.807, 2.05) is 12.2 Å². The minimum Gasteiger partial charge on any atom is -0.491 e. The number of fused-ring (bicyclic) bond motifs is 1. The number of alkyl halides is 3. The first kappa shape index (κ1) is 27.9. The third-order valence-corrected chi connectivity index (χ3v) is 7.72. The number of benzene rings is 1. The van der Waals surface area contributed by atoms with Crippen LogP contribution in [0.1, 0.15) is 56.9 Å². The van der Waals surface area contributed by atoms with Gasteiger partial charge in [-0.1, -0.05) is 18.2 Å². The lowest BCUT2D eigenvalue weighted by Crippen LogP contribution is -2.32. The average Bonchev–Trinajstić information content (AvgIpc) is 3.42. The Kier molecular flexibility index (Phi) is 9.28. The van der Waals surface area contributed by atoms with Crippen molar-refractivity contribution < 1.29 is 46.7 Å². The largest absolute Gasteiger partial charge is 0.491 e. The van der Waals surface area contributed by atoms with Crippen LogP contribution in [0.3, 0.4) is 0 Å². The number of aliphatic hydroxyl groups excluding tert-OH is 1. The number of hydrogen-bond donors (Lipinski definition) is 1. The SMILES string of the molecule is OC1C[C@@H]2[C@@H](C=C[C@H](COc3cccc(C(F)(F)F)c3)OC3CCCCO3)[C@H](OC3CCCCO3)C[C@@H]2O1. The number of aliphatic hydroxyl groups is 1. The molecular formula is C28H37F3O7. The topological polar surface area (TPSA) is 75.6 Å². The molecule has 4 fully saturated rings. The normalized spacial score (nSPS) is 34.9. The van der Waals surface area contributed by atoms with Crippen LogP contribution in [0.4, 0.5) is 13.2 Å². The monoisotopic (exact) mass is 542 g/mol. The summed E-state index contributed by atoms with van der Waals surface area (Å²) in [6.07, 6.45) is 4.05. The van der Waals surface area contributed by atoms with Crippen LogP contribution in [-0.4, -0.2) is 62.1 Å². The van der Waals surface area contributed by atoms with E-state index in [-0.39, 0.29) is 42.7 Å². The van der Waals surface area contributed by atoms with E-state index in [0.717, 1.165) is 50.7 Å². The van der Waals surface area contributed by atoms with Crippen molar-refractivity contribution in [3.8, 4) is 5.75 Å². The number of halogens is 3. The molecule has 5 rings (SSSR count). The van der Waals surface area contributed by atoms with Crippen LogP contribution in [0, 0.1) is 11.8 Å². The van der Waals surface area contributed by atoms with Gasteiger partial charge in [0.25, 0.3) is 0 Å². The van der Waals surface area contributed by atoms with E-state index in [1.165, 1.54) is 12.1 Å². The van der Waals surface area contributed by atoms with E-state index in [2.05, 4.69) is 0 Å². The molecule has 3 unspecified atom stereocenters. The first-order chi connectivity index (χ1) is 18.3. The molecule has 0 spiro atoms. The van der Waals surface area contributed by atoms with Gasteiger partial charge in [-0.3, -0.25) is 0 Å². The van der Waals surface area contributed by atoms with Crippen molar-refractivity contribution in [2.45, 2.75) is 94.7 Å². The zero-order valence-electron chi connectivity index (χ0n) is 21.4. The highest BCUT2D eigenvalue weighted by atomic mass is 19.4. The molecule has 0 bridgehead atoms. The molecule has 1 saturated carbocycles. The molecule has 0 aromatic heterocycles. The van der Waals surface area contributed by atoms with Gasteiger partial charge >= 0.3 is 6.18 Å². The van der Waals surface area contributed by atoms with Gasteiger partial charge in [0.15, 0.2) is 18.9 Å². The number of rotatable bonds is 9. The van der Waals surface area contributed by atoms with Crippen LogP contribution in [-0.2, 0) is 29.9 Å². The molecule has 8 atom stereocenters. The van der Waals surface area contributed by atoms with Crippen molar-refractivity contribution in [1.29, 1.82) is 0 Å². The second-order valence-corrected chi connectivity index (χ2v) is 10.5. The van der Waals surface area contributed by atoms with Crippen LogP contribution < -0.4 is 4.74 Å². The summed E-state index contributed by atoms with van der Waals surface area (Å²) in [7, 11) is 0. The summed E-state index contributed by atoms with van der Waals surface area (Å²) in [5, 5.41) is 10.1. The fraction of sp³-hybridized carbons (Fsp3) is 0.714. The Morgan fingerprint density at radius 1 is 1.03 bits per heavy atom. The second kappa shape index (κ2) is 12.7. The Hall–Kier alpha value is -1.69. The molecule has 1 aromatic rings. The fourth-order valence-corrected chi connectivity index (χ4v) is 5.81. The highest BCUT2D eigenvalue weighted by Gasteiger charge is 2.49. The minimum atomic E-state index is -4.45. The van der Waals surface area contributed by atoms with E-state index in [4.69, 9.17) is 28.4 Å². The lowest BCUT2D eigenvalue weighted by molar-refractivity contribution is -0.196. The molecule has 0 amide bonds. The van der Waals surface area contributed by atoms with Crippen molar-refractivity contribution >= 4 is 0 Å². The molecule has 38 heavy (non-hydrogen) atoms. The Balaban J connectivity index is 1.29. The van der Waals surface area contributed by atoms with E-state index in [0.29, 0.717) is 26.1 Å². The lowest BCUT2D eigenvalue weighted by atomic mass is 9.91. The van der Waals surface area contributed by atoms with E-state index < -0.39 is 30.4 Å². The maximum atomic E-state index is 13.2. The predicted molar refractivity (Wildman–Crippen MR) is 130 cm³/mol. The Labute approximate surface area is 221 Å². The van der Waals surface area contributed by atoms with Gasteiger partial charge in [-0.05, 0) is 62.6 Å². The van der Waals surface area contributed by atoms with Gasteiger partial charge in [-0.25, -0.2) is 0 Å². The minimum absolute atomic E-state index is 0.0227. The van der Waals surface area contributed by atoms with E-state index in [1.54, 1.807) is 0 Å². The molecule has 1 aliphatic carbocycles. The third kappa shape index (κ3) is 7.28. The van der Waals surface area contributed by atoms with Gasteiger partial charge in [0.2, 0.25) is 0 Å². The summed E-state index contributed by atoms with van der Waals surface area (Å²) in [6, 6.07) is 4.83. The maximum absolute atomic E-state index is 13.2. The van der Waals surface area contributed by atoms with Crippen molar-refractivity contribution in [3.05, 3.63) is 42.0 Å². The summed E-state index contributed by atoms with van der Waals surface area (Å²) >= 11 is 0. The highest BCUT2D eigenvalue weighted by Crippen LogP contribution is 2.45. The number of hydrogen-bond acceptors (Lipinski definition) is 7. The Morgan fingerprint density at radius 3 is 2.50 bits per heavy atom. The molecule has 1 N–H and O–H groups in total. The van der Waals surface area contributed by atoms with Gasteiger partial charge in [0.05, 0.1) is 17.8 Å². The first-order valence-corrected chi connectivity index (χ1v) is 13.7. The smallest absolute Gasteiger partial charge is 0.416 e. The van der Waals surface area contributed by atoms with Crippen LogP contribution in [0.25, 0.3) is 0 Å². The molecule has 10 heteroatoms. The standard InChI is InChI=1S/C28H37F3O7/c29-28(30,31)18-6-5-7-19(14-18)35-17-20(36-26-8-1-3-12-33-26)10-11-21-22-15-25(32)37-24(22)16-23(21)38-27-9-2-4-13-34-27/h5-7,10-11,14,20-27,32H,1-4,8-9,12-13,15-17H2/t20-,21-,22-,23-,24+,25?,26?,27?/m1/s1. The first-order valence-electron chi connectivity index (χ1n) is 13.7. The molecular weight excluding hydrogens is 505 g/mol. The maximum Gasteiger partial charge on any atom is 0.416 e. The second-order valence-electron chi connectivity index (χ2n) is 10.5. The van der Waals surface area contributed by atoms with Gasteiger partial charge in [0.1, 0.15) is 18.5 Å². The molecule has 3 aliphatic heterocycles. The highest BCUT2D eigenvalue weighted by molar-refractivity contribution is 5.30. The lowest BCUT2D eigenvalue weighted by Gasteiger charge is -2.30. The van der Waals surface area contributed by atoms with Gasteiger partial charge < -0.3 is 33.5 Å². The molecule has 4 aliphatic rings. The molecule has 3 saturated heterocycles. The average molecular weight is 543 g/mol. The molecule has 7 nitrogen and oxygen atoms in total. The van der Waals surface area contributed by atoms with Crippen LogP contribution in [0.5, 0.6) is 5.75 Å². The molecule has 3 heterocycles. The molecule has 0 radical (unpaired) electrons. The third-order valence-electron chi connectivity index (χ3n) is 7.72. The van der Waals surface area contributed by atoms with Crippen molar-refractivity contribution in [1.82, 2.24) is 0 Å². The molecule has 1 aromatic carbocycles. The summed E-state index contributed by atoms with van der Waals surface area (Å²) in [4.78, 5) is 0. The fourth-order valence-electron chi connectivity index (χ4n) is 5.81. The van der Waals surface area contributed by atoms with E-state index in [9.17, 15) is 18.3 Å². The number of ether oxygens (including phenoxy) is 6. The summed E-state index contributed by atoms with van der Waals surface area (Å²) in [5.74, 6) is 0.177. The van der Waals surface area contributed by atoms with Crippen molar-refractivity contribution in [2.24, 2.45) is 11.8 Å². The van der Waals surface area contributed by atoms with Crippen molar-refractivity contribution in [2.75, 3.05) is 19.8 Å². The van der Waals surface area contributed by atoms with Crippen LogP contribution in [0.15, 0.2) is 36.4 Å². The zero-order chi connectivity index (χ0) is 26.5.